The van der Waals surface area contributed by atoms with Crippen molar-refractivity contribution in [1.29, 1.82) is 0 Å². The smallest absolute Gasteiger partial charge is 0.309 e. The van der Waals surface area contributed by atoms with Crippen LogP contribution in [0.1, 0.15) is 25.3 Å². The van der Waals surface area contributed by atoms with Gasteiger partial charge in [-0.3, -0.25) is 14.9 Å². The van der Waals surface area contributed by atoms with E-state index in [1.165, 1.54) is 4.90 Å². The highest BCUT2D eigenvalue weighted by Gasteiger charge is 2.28. The molecule has 0 bridgehead atoms. The summed E-state index contributed by atoms with van der Waals surface area (Å²) in [5, 5.41) is 10.6. The van der Waals surface area contributed by atoms with Gasteiger partial charge in [-0.2, -0.15) is 0 Å². The fraction of sp³-hybridized carbons (Fsp3) is 0.533. The summed E-state index contributed by atoms with van der Waals surface area (Å²) in [5.41, 5.74) is 1.21. The summed E-state index contributed by atoms with van der Waals surface area (Å²) in [4.78, 5) is 23.3. The summed E-state index contributed by atoms with van der Waals surface area (Å²) in [7, 11) is 0. The summed E-state index contributed by atoms with van der Waals surface area (Å²) in [5.74, 6) is -0.0440. The highest BCUT2D eigenvalue weighted by molar-refractivity contribution is 5.72. The van der Waals surface area contributed by atoms with Gasteiger partial charge in [0.15, 0.2) is 0 Å². The van der Waals surface area contributed by atoms with E-state index in [9.17, 15) is 14.9 Å². The molecule has 1 aromatic rings. The van der Waals surface area contributed by atoms with Crippen LogP contribution in [0.4, 0.5) is 5.69 Å². The third kappa shape index (κ3) is 4.26. The van der Waals surface area contributed by atoms with Crippen molar-refractivity contribution in [2.45, 2.75) is 26.3 Å². The van der Waals surface area contributed by atoms with E-state index in [4.69, 9.17) is 4.74 Å². The lowest BCUT2D eigenvalue weighted by molar-refractivity contribution is -0.919. The molecule has 6 nitrogen and oxygen atoms in total. The summed E-state index contributed by atoms with van der Waals surface area (Å²) >= 11 is 0. The van der Waals surface area contributed by atoms with Crippen LogP contribution >= 0.6 is 0 Å². The van der Waals surface area contributed by atoms with E-state index < -0.39 is 0 Å². The number of rotatable bonds is 5. The van der Waals surface area contributed by atoms with Crippen LogP contribution in [0.3, 0.4) is 0 Å². The SMILES string of the molecule is CCOC(=O)C1CC[NH+](Cc2ccc([N+](=O)[O-])cc2)CC1. The Bertz CT molecular complexity index is 493. The predicted octanol–water partition coefficient (Wildman–Crippen LogP) is 0.953. The number of hydrogen-bond acceptors (Lipinski definition) is 4. The Hall–Kier alpha value is -1.95. The van der Waals surface area contributed by atoms with E-state index in [0.29, 0.717) is 6.61 Å². The lowest BCUT2D eigenvalue weighted by atomic mass is 9.96. The van der Waals surface area contributed by atoms with Crippen molar-refractivity contribution in [3.8, 4) is 0 Å². The minimum Gasteiger partial charge on any atom is -0.466 e. The second kappa shape index (κ2) is 7.17. The number of hydrogen-bond donors (Lipinski definition) is 1. The van der Waals surface area contributed by atoms with Gasteiger partial charge in [0.05, 0.1) is 30.5 Å². The summed E-state index contributed by atoms with van der Waals surface area (Å²) in [6.07, 6.45) is 1.70. The molecule has 0 saturated carbocycles. The van der Waals surface area contributed by atoms with Crippen LogP contribution in [0, 0.1) is 16.0 Å². The molecule has 0 amide bonds. The zero-order valence-electron chi connectivity index (χ0n) is 12.2. The maximum Gasteiger partial charge on any atom is 0.309 e. The number of carbonyl (C=O) groups excluding carboxylic acids is 1. The molecule has 1 fully saturated rings. The van der Waals surface area contributed by atoms with Gasteiger partial charge >= 0.3 is 5.97 Å². The number of quaternary nitrogens is 1. The second-order valence-corrected chi connectivity index (χ2v) is 5.38. The van der Waals surface area contributed by atoms with Crippen LogP contribution in [0.25, 0.3) is 0 Å². The third-order valence-electron chi connectivity index (χ3n) is 3.91. The van der Waals surface area contributed by atoms with Crippen molar-refractivity contribution in [2.24, 2.45) is 5.92 Å². The number of carbonyl (C=O) groups is 1. The Labute approximate surface area is 123 Å². The highest BCUT2D eigenvalue weighted by Crippen LogP contribution is 2.13. The largest absolute Gasteiger partial charge is 0.466 e. The first-order valence-electron chi connectivity index (χ1n) is 7.33. The average Bonchev–Trinajstić information content (AvgIpc) is 2.49. The molecule has 0 radical (unpaired) electrons. The van der Waals surface area contributed by atoms with Gasteiger partial charge in [-0.25, -0.2) is 0 Å². The number of benzene rings is 1. The Morgan fingerprint density at radius 1 is 1.33 bits per heavy atom. The van der Waals surface area contributed by atoms with E-state index in [2.05, 4.69) is 0 Å². The zero-order valence-corrected chi connectivity index (χ0v) is 12.2. The van der Waals surface area contributed by atoms with Crippen molar-refractivity contribution >= 4 is 11.7 Å². The van der Waals surface area contributed by atoms with Gasteiger partial charge in [0.25, 0.3) is 5.69 Å². The number of ether oxygens (including phenoxy) is 1. The quantitative estimate of drug-likeness (QED) is 0.498. The van der Waals surface area contributed by atoms with Crippen molar-refractivity contribution < 1.29 is 19.4 Å². The van der Waals surface area contributed by atoms with Gasteiger partial charge in [-0.15, -0.1) is 0 Å². The molecule has 6 heteroatoms. The molecule has 1 aliphatic heterocycles. The molecule has 1 heterocycles. The summed E-state index contributed by atoms with van der Waals surface area (Å²) < 4.78 is 5.06. The molecule has 1 saturated heterocycles. The van der Waals surface area contributed by atoms with E-state index in [0.717, 1.165) is 38.0 Å². The Kier molecular flexibility index (Phi) is 5.27. The van der Waals surface area contributed by atoms with Crippen LogP contribution in [0.2, 0.25) is 0 Å². The molecule has 0 aromatic heterocycles. The number of esters is 1. The molecule has 1 aliphatic rings. The van der Waals surface area contributed by atoms with E-state index in [1.807, 2.05) is 19.1 Å². The zero-order chi connectivity index (χ0) is 15.2. The number of non-ortho nitro benzene ring substituents is 1. The Morgan fingerprint density at radius 3 is 2.48 bits per heavy atom. The molecular weight excluding hydrogens is 272 g/mol. The first kappa shape index (κ1) is 15.4. The molecule has 21 heavy (non-hydrogen) atoms. The van der Waals surface area contributed by atoms with Crippen LogP contribution in [0.15, 0.2) is 24.3 Å². The molecule has 1 aromatic carbocycles. The standard InChI is InChI=1S/C15H20N2O4/c1-2-21-15(18)13-7-9-16(10-8-13)11-12-3-5-14(6-4-12)17(19)20/h3-6,13H,2,7-11H2,1H3/p+1. The van der Waals surface area contributed by atoms with E-state index in [-0.39, 0.29) is 22.5 Å². The molecule has 114 valence electrons. The molecular formula is C15H21N2O4+. The van der Waals surface area contributed by atoms with Crippen molar-refractivity contribution in [2.75, 3.05) is 19.7 Å². The van der Waals surface area contributed by atoms with E-state index in [1.54, 1.807) is 12.1 Å². The van der Waals surface area contributed by atoms with Crippen LogP contribution in [0.5, 0.6) is 0 Å². The molecule has 0 unspecified atom stereocenters. The topological polar surface area (TPSA) is 73.9 Å². The lowest BCUT2D eigenvalue weighted by Crippen LogP contribution is -3.11. The molecule has 0 aliphatic carbocycles. The fourth-order valence-corrected chi connectivity index (χ4v) is 2.72. The van der Waals surface area contributed by atoms with Gasteiger partial charge < -0.3 is 9.64 Å². The van der Waals surface area contributed by atoms with Crippen LogP contribution in [-0.4, -0.2) is 30.6 Å². The van der Waals surface area contributed by atoms with Gasteiger partial charge in [0, 0.05) is 30.5 Å². The number of nitrogens with one attached hydrogen (secondary N) is 1. The second-order valence-electron chi connectivity index (χ2n) is 5.38. The highest BCUT2D eigenvalue weighted by atomic mass is 16.6. The average molecular weight is 293 g/mol. The predicted molar refractivity (Wildman–Crippen MR) is 76.9 cm³/mol. The number of nitro benzene ring substituents is 1. The van der Waals surface area contributed by atoms with Gasteiger partial charge in [0.1, 0.15) is 6.54 Å². The van der Waals surface area contributed by atoms with Crippen molar-refractivity contribution in [3.63, 3.8) is 0 Å². The summed E-state index contributed by atoms with van der Waals surface area (Å²) in [6, 6.07) is 6.70. The van der Waals surface area contributed by atoms with Crippen molar-refractivity contribution in [1.82, 2.24) is 0 Å². The summed E-state index contributed by atoms with van der Waals surface area (Å²) in [6.45, 7) is 4.97. The minimum atomic E-state index is -0.387. The van der Waals surface area contributed by atoms with Gasteiger partial charge in [0.2, 0.25) is 0 Å². The first-order chi connectivity index (χ1) is 10.1. The maximum absolute atomic E-state index is 11.7. The van der Waals surface area contributed by atoms with E-state index >= 15 is 0 Å². The van der Waals surface area contributed by atoms with Crippen LogP contribution < -0.4 is 4.90 Å². The number of nitro groups is 1. The van der Waals surface area contributed by atoms with Gasteiger partial charge in [-0.05, 0) is 19.1 Å². The Balaban J connectivity index is 1.83. The van der Waals surface area contributed by atoms with Gasteiger partial charge in [-0.1, -0.05) is 0 Å². The number of likely N-dealkylation sites (tertiary alicyclic amines) is 1. The first-order valence-corrected chi connectivity index (χ1v) is 7.33. The monoisotopic (exact) mass is 293 g/mol. The number of piperidine rings is 1. The third-order valence-corrected chi connectivity index (χ3v) is 3.91. The normalized spacial score (nSPS) is 21.8. The molecule has 0 spiro atoms. The maximum atomic E-state index is 11.7. The molecule has 0 atom stereocenters. The molecule has 2 rings (SSSR count). The fourth-order valence-electron chi connectivity index (χ4n) is 2.72. The Morgan fingerprint density at radius 2 is 1.95 bits per heavy atom. The minimum absolute atomic E-state index is 0.0329. The van der Waals surface area contributed by atoms with Crippen molar-refractivity contribution in [3.05, 3.63) is 39.9 Å². The lowest BCUT2D eigenvalue weighted by Gasteiger charge is -2.28. The van der Waals surface area contributed by atoms with Crippen LogP contribution in [-0.2, 0) is 16.1 Å². The molecule has 1 N–H and O–H groups in total. The number of nitrogens with zero attached hydrogens (tertiary/aromatic N) is 1.